The predicted molar refractivity (Wildman–Crippen MR) is 93.1 cm³/mol. The van der Waals surface area contributed by atoms with E-state index >= 15 is 0 Å². The van der Waals surface area contributed by atoms with Crippen LogP contribution in [0.2, 0.25) is 0 Å². The first kappa shape index (κ1) is 19.3. The quantitative estimate of drug-likeness (QED) is 0.515. The van der Waals surface area contributed by atoms with Gasteiger partial charge in [0.25, 0.3) is 0 Å². The Kier molecular flexibility index (Phi) is 11.0. The number of thioether (sulfide) groups is 1. The van der Waals surface area contributed by atoms with E-state index in [1.165, 1.54) is 11.8 Å². The van der Waals surface area contributed by atoms with Crippen LogP contribution in [0.1, 0.15) is 26.3 Å². The molecule has 0 fully saturated rings. The van der Waals surface area contributed by atoms with Crippen LogP contribution in [0.5, 0.6) is 0 Å². The normalized spacial score (nSPS) is 10.1. The summed E-state index contributed by atoms with van der Waals surface area (Å²) in [5.41, 5.74) is 2.02. The fraction of sp³-hybridized carbons (Fsp3) is 0.278. The molecule has 0 spiro atoms. The Balaban J connectivity index is 0.00000191. The number of allylic oxidation sites excluding steroid dienone is 2. The molecule has 0 aliphatic carbocycles. The molecule has 0 bridgehead atoms. The Morgan fingerprint density at radius 2 is 1.90 bits per heavy atom. The molecule has 0 atom stereocenters. The largest absolute Gasteiger partial charge is 0.490 e. The van der Waals surface area contributed by atoms with Gasteiger partial charge in [0.2, 0.25) is 0 Å². The van der Waals surface area contributed by atoms with Crippen LogP contribution in [0.15, 0.2) is 67.0 Å². The average molecular weight is 304 g/mol. The molecule has 1 rings (SSSR count). The van der Waals surface area contributed by atoms with Gasteiger partial charge in [-0.2, -0.15) is 0 Å². The Morgan fingerprint density at radius 3 is 2.43 bits per heavy atom. The summed E-state index contributed by atoms with van der Waals surface area (Å²) in [7, 11) is 0. The Labute approximate surface area is 132 Å². The number of carbonyl (C=O) groups excluding carboxylic acids is 1. The van der Waals surface area contributed by atoms with Crippen LogP contribution in [-0.2, 0) is 16.1 Å². The highest BCUT2D eigenvalue weighted by Crippen LogP contribution is 2.13. The zero-order valence-electron chi connectivity index (χ0n) is 13.1. The highest BCUT2D eigenvalue weighted by Gasteiger charge is 1.99. The molecule has 0 N–H and O–H groups in total. The van der Waals surface area contributed by atoms with E-state index in [0.29, 0.717) is 18.1 Å². The second-order valence-corrected chi connectivity index (χ2v) is 5.10. The first-order chi connectivity index (χ1) is 10.1. The van der Waals surface area contributed by atoms with Crippen LogP contribution < -0.4 is 0 Å². The molecule has 0 heterocycles. The molecule has 114 valence electrons. The van der Waals surface area contributed by atoms with Gasteiger partial charge >= 0.3 is 0 Å². The van der Waals surface area contributed by atoms with Crippen molar-refractivity contribution in [1.82, 2.24) is 0 Å². The van der Waals surface area contributed by atoms with Gasteiger partial charge in [0.15, 0.2) is 5.12 Å². The molecule has 1 aromatic rings. The summed E-state index contributed by atoms with van der Waals surface area (Å²) >= 11 is 1.25. The van der Waals surface area contributed by atoms with Crippen molar-refractivity contribution in [2.24, 2.45) is 0 Å². The lowest BCUT2D eigenvalue weighted by molar-refractivity contribution is -0.109. The van der Waals surface area contributed by atoms with Crippen molar-refractivity contribution in [3.8, 4) is 0 Å². The van der Waals surface area contributed by atoms with Crippen molar-refractivity contribution in [3.63, 3.8) is 0 Å². The van der Waals surface area contributed by atoms with Gasteiger partial charge in [0.1, 0.15) is 12.4 Å². The van der Waals surface area contributed by atoms with Crippen molar-refractivity contribution in [1.29, 1.82) is 0 Å². The molecule has 1 aromatic carbocycles. The minimum Gasteiger partial charge on any atom is -0.490 e. The zero-order chi connectivity index (χ0) is 16.1. The molecular weight excluding hydrogens is 280 g/mol. The van der Waals surface area contributed by atoms with E-state index in [4.69, 9.17) is 4.74 Å². The van der Waals surface area contributed by atoms with Gasteiger partial charge in [-0.15, -0.1) is 0 Å². The van der Waals surface area contributed by atoms with Crippen LogP contribution in [0.3, 0.4) is 0 Å². The minimum absolute atomic E-state index is 0.0866. The molecule has 0 aliphatic rings. The third-order valence-electron chi connectivity index (χ3n) is 2.32. The van der Waals surface area contributed by atoms with Gasteiger partial charge in [-0.25, -0.2) is 0 Å². The third-order valence-corrected chi connectivity index (χ3v) is 3.20. The molecule has 0 aliphatic heterocycles. The molecule has 0 radical (unpaired) electrons. The number of rotatable bonds is 7. The summed E-state index contributed by atoms with van der Waals surface area (Å²) in [4.78, 5) is 10.9. The fourth-order valence-electron chi connectivity index (χ4n) is 1.34. The van der Waals surface area contributed by atoms with E-state index in [1.54, 1.807) is 13.0 Å². The fourth-order valence-corrected chi connectivity index (χ4v) is 1.91. The molecule has 3 heteroatoms. The van der Waals surface area contributed by atoms with E-state index in [1.807, 2.05) is 50.3 Å². The van der Waals surface area contributed by atoms with Crippen LogP contribution >= 0.6 is 11.8 Å². The maximum Gasteiger partial charge on any atom is 0.186 e. The maximum absolute atomic E-state index is 10.9. The van der Waals surface area contributed by atoms with Gasteiger partial charge in [-0.3, -0.25) is 4.79 Å². The molecule has 0 saturated carbocycles. The second kappa shape index (κ2) is 12.0. The van der Waals surface area contributed by atoms with E-state index in [-0.39, 0.29) is 5.12 Å². The second-order valence-electron chi connectivity index (χ2n) is 3.94. The highest BCUT2D eigenvalue weighted by atomic mass is 32.2. The van der Waals surface area contributed by atoms with Crippen LogP contribution in [0, 0.1) is 0 Å². The Hall–Kier alpha value is -1.74. The molecular formula is C18H24O2S. The first-order valence-electron chi connectivity index (χ1n) is 6.94. The highest BCUT2D eigenvalue weighted by molar-refractivity contribution is 8.13. The van der Waals surface area contributed by atoms with Gasteiger partial charge < -0.3 is 4.74 Å². The monoisotopic (exact) mass is 304 g/mol. The SMILES string of the molecule is C=C/C(=C\C(=C)OCc1ccccc1)CSC(C)=O.CC. The Bertz CT molecular complexity index is 475. The van der Waals surface area contributed by atoms with Crippen LogP contribution in [0.4, 0.5) is 0 Å². The summed E-state index contributed by atoms with van der Waals surface area (Å²) < 4.78 is 5.55. The summed E-state index contributed by atoms with van der Waals surface area (Å²) in [6.45, 7) is 13.6. The molecule has 2 nitrogen and oxygen atoms in total. The number of hydrogen-bond acceptors (Lipinski definition) is 3. The van der Waals surface area contributed by atoms with E-state index in [9.17, 15) is 4.79 Å². The molecule has 21 heavy (non-hydrogen) atoms. The van der Waals surface area contributed by atoms with E-state index in [2.05, 4.69) is 13.2 Å². The molecule has 0 aromatic heterocycles. The number of carbonyl (C=O) groups is 1. The van der Waals surface area contributed by atoms with Gasteiger partial charge in [0, 0.05) is 12.7 Å². The van der Waals surface area contributed by atoms with Crippen molar-refractivity contribution < 1.29 is 9.53 Å². The lowest BCUT2D eigenvalue weighted by Gasteiger charge is -2.07. The number of hydrogen-bond donors (Lipinski definition) is 0. The average Bonchev–Trinajstić information content (AvgIpc) is 2.52. The van der Waals surface area contributed by atoms with Gasteiger partial charge in [0.05, 0.1) is 0 Å². The minimum atomic E-state index is 0.0866. The number of ether oxygens (including phenoxy) is 1. The van der Waals surface area contributed by atoms with Gasteiger partial charge in [-0.05, 0) is 17.2 Å². The topological polar surface area (TPSA) is 26.3 Å². The number of benzene rings is 1. The summed E-state index contributed by atoms with van der Waals surface area (Å²) in [5.74, 6) is 1.16. The van der Waals surface area contributed by atoms with Crippen LogP contribution in [-0.4, -0.2) is 10.9 Å². The molecule has 0 saturated heterocycles. The van der Waals surface area contributed by atoms with Crippen molar-refractivity contribution in [3.05, 3.63) is 72.5 Å². The first-order valence-corrected chi connectivity index (χ1v) is 7.92. The molecule has 0 unspecified atom stereocenters. The maximum atomic E-state index is 10.9. The zero-order valence-corrected chi connectivity index (χ0v) is 13.9. The lowest BCUT2D eigenvalue weighted by atomic mass is 10.2. The van der Waals surface area contributed by atoms with E-state index in [0.717, 1.165) is 11.1 Å². The van der Waals surface area contributed by atoms with Crippen molar-refractivity contribution in [2.75, 3.05) is 5.75 Å². The third kappa shape index (κ3) is 9.74. The summed E-state index contributed by atoms with van der Waals surface area (Å²) in [6.07, 6.45) is 3.53. The predicted octanol–water partition coefficient (Wildman–Crippen LogP) is 5.14. The Morgan fingerprint density at radius 1 is 1.29 bits per heavy atom. The lowest BCUT2D eigenvalue weighted by Crippen LogP contribution is -1.93. The van der Waals surface area contributed by atoms with Crippen LogP contribution in [0.25, 0.3) is 0 Å². The summed E-state index contributed by atoms with van der Waals surface area (Å²) in [5, 5.41) is 0.0866. The van der Waals surface area contributed by atoms with Crippen molar-refractivity contribution in [2.45, 2.75) is 27.4 Å². The molecule has 0 amide bonds. The van der Waals surface area contributed by atoms with Gasteiger partial charge in [-0.1, -0.05) is 75.2 Å². The summed E-state index contributed by atoms with van der Waals surface area (Å²) in [6, 6.07) is 9.90. The smallest absolute Gasteiger partial charge is 0.186 e. The van der Waals surface area contributed by atoms with E-state index < -0.39 is 0 Å². The van der Waals surface area contributed by atoms with Crippen molar-refractivity contribution >= 4 is 16.9 Å². The standard InChI is InChI=1S/C16H18O2S.C2H6/c1-4-15(12-19-14(3)17)10-13(2)18-11-16-8-6-5-7-9-16;1-2/h4-10H,1-2,11-12H2,3H3;1-2H3/b15-10+;.